The van der Waals surface area contributed by atoms with Crippen molar-refractivity contribution in [2.24, 2.45) is 11.8 Å². The molecule has 23 heteroatoms. The fourth-order valence-corrected chi connectivity index (χ4v) is 7.68. The smallest absolute Gasteiger partial charge is 0.390 e. The Labute approximate surface area is 252 Å². The number of H-pyrrole nitrogens is 1. The molecule has 6 rings (SSSR count). The number of hydrogen-bond acceptors (Lipinski definition) is 16. The summed E-state index contributed by atoms with van der Waals surface area (Å²) in [4.78, 5) is 56.3. The average molecular weight is 672 g/mol. The first-order valence-electron chi connectivity index (χ1n) is 13.6. The van der Waals surface area contributed by atoms with Crippen molar-refractivity contribution < 1.29 is 47.2 Å². The van der Waals surface area contributed by atoms with Crippen molar-refractivity contribution in [2.75, 3.05) is 24.7 Å². The molecule has 0 amide bonds. The van der Waals surface area contributed by atoms with Crippen LogP contribution in [0, 0.1) is 11.8 Å². The molecule has 5 heterocycles. The Hall–Kier alpha value is -3.36. The van der Waals surface area contributed by atoms with Gasteiger partial charge in [0.25, 0.3) is 5.56 Å². The number of rotatable bonds is 4. The van der Waals surface area contributed by atoms with Gasteiger partial charge in [-0.15, -0.1) is 0 Å². The van der Waals surface area contributed by atoms with Crippen LogP contribution >= 0.6 is 15.6 Å². The highest BCUT2D eigenvalue weighted by molar-refractivity contribution is 7.47. The summed E-state index contributed by atoms with van der Waals surface area (Å²) < 4.78 is 50.6. The molecule has 244 valence electrons. The molecule has 1 saturated heterocycles. The summed E-state index contributed by atoms with van der Waals surface area (Å²) >= 11 is 0. The zero-order valence-electron chi connectivity index (χ0n) is 23.4. The molecule has 2 bridgehead atoms. The van der Waals surface area contributed by atoms with Crippen molar-refractivity contribution in [1.29, 1.82) is 0 Å². The molecule has 1 aliphatic heterocycles. The van der Waals surface area contributed by atoms with E-state index in [-0.39, 0.29) is 46.9 Å². The van der Waals surface area contributed by atoms with Crippen LogP contribution in [-0.4, -0.2) is 90.6 Å². The molecule has 0 aromatic carbocycles. The number of aromatic nitrogens is 8. The third-order valence-corrected chi connectivity index (χ3v) is 9.89. The molecule has 4 aromatic heterocycles. The van der Waals surface area contributed by atoms with E-state index in [1.807, 2.05) is 0 Å². The number of fused-ring (bicyclic) bond motifs is 4. The van der Waals surface area contributed by atoms with Crippen molar-refractivity contribution in [3.63, 3.8) is 0 Å². The van der Waals surface area contributed by atoms with Gasteiger partial charge < -0.3 is 36.0 Å². The molecular weight excluding hydrogens is 642 g/mol. The maximum absolute atomic E-state index is 13.3. The number of aliphatic hydroxyl groups excluding tert-OH is 2. The van der Waals surface area contributed by atoms with Crippen molar-refractivity contribution in [2.45, 2.75) is 50.3 Å². The Balaban J connectivity index is 1.34. The van der Waals surface area contributed by atoms with E-state index in [1.165, 1.54) is 17.2 Å². The number of nitrogen functional groups attached to an aromatic ring is 2. The van der Waals surface area contributed by atoms with Gasteiger partial charge in [0, 0.05) is 11.8 Å². The third kappa shape index (κ3) is 5.99. The van der Waals surface area contributed by atoms with Gasteiger partial charge in [-0.3, -0.25) is 32.4 Å². The Morgan fingerprint density at radius 2 is 1.76 bits per heavy atom. The van der Waals surface area contributed by atoms with E-state index in [2.05, 4.69) is 29.9 Å². The first-order valence-corrected chi connectivity index (χ1v) is 16.6. The SMILES string of the molecule is CC[C@@H]1COP(=O)(O)O[C@@H]2[C@H](O)[C@@H](COP(=O)(O)O[C@H]1[C@@H](O)n1cnc3c(N)ncnc31)C[C@H]2n1cnc2c(=O)[nH]c(N)nc21. The number of hydrogen-bond donors (Lipinski definition) is 7. The van der Waals surface area contributed by atoms with Crippen LogP contribution in [0.25, 0.3) is 22.3 Å². The van der Waals surface area contributed by atoms with Gasteiger partial charge in [-0.2, -0.15) is 4.98 Å². The lowest BCUT2D eigenvalue weighted by Crippen LogP contribution is -2.36. The maximum atomic E-state index is 13.3. The van der Waals surface area contributed by atoms with Crippen LogP contribution in [0.15, 0.2) is 23.8 Å². The van der Waals surface area contributed by atoms with Crippen LogP contribution in [-0.2, 0) is 27.2 Å². The predicted octanol–water partition coefficient (Wildman–Crippen LogP) is -0.419. The number of nitrogens with one attached hydrogen (secondary N) is 1. The fraction of sp³-hybridized carbons (Fsp3) is 0.545. The fourth-order valence-electron chi connectivity index (χ4n) is 5.64. The second kappa shape index (κ2) is 11.8. The summed E-state index contributed by atoms with van der Waals surface area (Å²) in [5.41, 5.74) is 11.1. The molecular formula is C22H30N10O11P2. The number of nitrogens with two attached hydrogens (primary N) is 2. The lowest BCUT2D eigenvalue weighted by molar-refractivity contribution is -0.0692. The second-order valence-electron chi connectivity index (χ2n) is 10.7. The van der Waals surface area contributed by atoms with Crippen molar-refractivity contribution in [3.8, 4) is 0 Å². The standard InChI is InChI=1S/C22H30N10O11P2/c1-2-9-4-40-45(38,39)43-16-11(31-7-28-13-19(31)29-22(24)30-20(13)34)3-10(14(16)33)5-41-44(36,37)42-15(9)21(35)32-8-27-12-17(23)25-6-26-18(12)32/h6-11,14-16,21,33,35H,2-5H2,1H3,(H,36,37)(H,38,39)(H2,23,25,26)(H3,24,29,30,34)/t9-,10-,11-,14-,15-,16+,21-/m1/s1. The number of nitrogens with zero attached hydrogens (tertiary/aromatic N) is 7. The highest BCUT2D eigenvalue weighted by atomic mass is 31.2. The molecule has 4 aromatic rings. The van der Waals surface area contributed by atoms with Crippen LogP contribution in [0.1, 0.15) is 32.0 Å². The minimum atomic E-state index is -4.99. The summed E-state index contributed by atoms with van der Waals surface area (Å²) in [7, 11) is -9.96. The molecule has 9 N–H and O–H groups in total. The molecule has 21 nitrogen and oxygen atoms in total. The first kappa shape index (κ1) is 31.6. The van der Waals surface area contributed by atoms with Crippen molar-refractivity contribution >= 4 is 49.7 Å². The van der Waals surface area contributed by atoms with Crippen LogP contribution in [0.4, 0.5) is 11.8 Å². The van der Waals surface area contributed by atoms with E-state index in [4.69, 9.17) is 29.6 Å². The van der Waals surface area contributed by atoms with E-state index >= 15 is 0 Å². The zero-order valence-corrected chi connectivity index (χ0v) is 25.2. The lowest BCUT2D eigenvalue weighted by atomic mass is 9.99. The van der Waals surface area contributed by atoms with E-state index in [9.17, 15) is 33.9 Å². The maximum Gasteiger partial charge on any atom is 0.472 e. The van der Waals surface area contributed by atoms with Crippen LogP contribution in [0.2, 0.25) is 0 Å². The van der Waals surface area contributed by atoms with E-state index < -0.39 is 76.8 Å². The van der Waals surface area contributed by atoms with Gasteiger partial charge in [0.2, 0.25) is 5.95 Å². The van der Waals surface area contributed by atoms with Crippen LogP contribution in [0.5, 0.6) is 0 Å². The Morgan fingerprint density at radius 3 is 2.51 bits per heavy atom. The Bertz CT molecular complexity index is 1880. The van der Waals surface area contributed by atoms with E-state index in [1.54, 1.807) is 6.92 Å². The molecule has 0 spiro atoms. The Kier molecular flexibility index (Phi) is 8.27. The van der Waals surface area contributed by atoms with Crippen molar-refractivity contribution in [1.82, 2.24) is 39.0 Å². The highest BCUT2D eigenvalue weighted by Crippen LogP contribution is 2.54. The van der Waals surface area contributed by atoms with Gasteiger partial charge in [-0.1, -0.05) is 6.92 Å². The van der Waals surface area contributed by atoms with E-state index in [0.717, 1.165) is 10.9 Å². The quantitative estimate of drug-likeness (QED) is 0.135. The number of aliphatic hydroxyl groups is 2. The second-order valence-corrected chi connectivity index (χ2v) is 13.5. The first-order chi connectivity index (χ1) is 21.3. The van der Waals surface area contributed by atoms with Gasteiger partial charge in [0.1, 0.15) is 24.1 Å². The average Bonchev–Trinajstić information content (AvgIpc) is 3.67. The van der Waals surface area contributed by atoms with Gasteiger partial charge in [-0.25, -0.2) is 29.1 Å². The van der Waals surface area contributed by atoms with Gasteiger partial charge in [0.05, 0.1) is 38.0 Å². The largest absolute Gasteiger partial charge is 0.472 e. The monoisotopic (exact) mass is 672 g/mol. The highest BCUT2D eigenvalue weighted by Gasteiger charge is 2.50. The molecule has 2 fully saturated rings. The van der Waals surface area contributed by atoms with Gasteiger partial charge >= 0.3 is 15.6 Å². The number of anilines is 2. The molecule has 1 saturated carbocycles. The number of phosphoric ester groups is 2. The normalized spacial score (nSPS) is 33.9. The van der Waals surface area contributed by atoms with Gasteiger partial charge in [-0.05, 0) is 12.8 Å². The molecule has 1 aliphatic carbocycles. The van der Waals surface area contributed by atoms with Gasteiger partial charge in [0.15, 0.2) is 28.9 Å². The topological polar surface area (TPSA) is 311 Å². The third-order valence-electron chi connectivity index (χ3n) is 7.92. The predicted molar refractivity (Wildman–Crippen MR) is 152 cm³/mol. The zero-order chi connectivity index (χ0) is 32.3. The van der Waals surface area contributed by atoms with Crippen LogP contribution in [0.3, 0.4) is 0 Å². The summed E-state index contributed by atoms with van der Waals surface area (Å²) in [5.74, 6) is -2.18. The molecule has 9 atom stereocenters. The van der Waals surface area contributed by atoms with E-state index in [0.29, 0.717) is 0 Å². The van der Waals surface area contributed by atoms with Crippen molar-refractivity contribution in [3.05, 3.63) is 29.3 Å². The number of phosphoric acid groups is 2. The summed E-state index contributed by atoms with van der Waals surface area (Å²) in [6, 6.07) is -0.973. The number of imidazole rings is 2. The molecule has 45 heavy (non-hydrogen) atoms. The summed E-state index contributed by atoms with van der Waals surface area (Å²) in [5, 5.41) is 22.5. The van der Waals surface area contributed by atoms with Crippen LogP contribution < -0.4 is 17.0 Å². The number of aromatic amines is 1. The Morgan fingerprint density at radius 1 is 1.04 bits per heavy atom. The summed E-state index contributed by atoms with van der Waals surface area (Å²) in [6.07, 6.45) is -2.74. The summed E-state index contributed by atoms with van der Waals surface area (Å²) in [6.45, 7) is 0.427. The minimum Gasteiger partial charge on any atom is -0.390 e. The molecule has 2 unspecified atom stereocenters. The lowest BCUT2D eigenvalue weighted by Gasteiger charge is -2.32. The minimum absolute atomic E-state index is 0.0107. The molecule has 0 radical (unpaired) electrons. The molecule has 2 aliphatic rings.